The average molecular weight is 657 g/mol. The molecule has 0 aliphatic carbocycles. The summed E-state index contributed by atoms with van der Waals surface area (Å²) in [5.41, 5.74) is -0.309. The van der Waals surface area contributed by atoms with Crippen LogP contribution in [-0.4, -0.2) is 75.9 Å². The lowest BCUT2D eigenvalue weighted by molar-refractivity contribution is 0.108. The molecule has 0 radical (unpaired) electrons. The number of piperazine rings is 1. The molecule has 246 valence electrons. The first-order valence-corrected chi connectivity index (χ1v) is 16.4. The molecule has 2 aromatic carbocycles. The van der Waals surface area contributed by atoms with Crippen LogP contribution in [0.25, 0.3) is 32.9 Å². The van der Waals surface area contributed by atoms with Gasteiger partial charge >= 0.3 is 6.01 Å². The van der Waals surface area contributed by atoms with Crippen molar-refractivity contribution < 1.29 is 27.0 Å². The number of halogens is 4. The van der Waals surface area contributed by atoms with E-state index >= 15 is 4.39 Å². The van der Waals surface area contributed by atoms with Gasteiger partial charge in [0.2, 0.25) is 5.88 Å². The van der Waals surface area contributed by atoms with Crippen LogP contribution >= 0.6 is 0 Å². The third-order valence-electron chi connectivity index (χ3n) is 11.0. The minimum atomic E-state index is -1.64. The van der Waals surface area contributed by atoms with Crippen LogP contribution in [0.1, 0.15) is 44.6 Å². The first-order chi connectivity index (χ1) is 23.2. The monoisotopic (exact) mass is 656 g/mol. The van der Waals surface area contributed by atoms with Gasteiger partial charge in [-0.05, 0) is 57.0 Å². The molecule has 5 aliphatic rings. The van der Waals surface area contributed by atoms with E-state index in [1.54, 1.807) is 24.3 Å². The fourth-order valence-electron chi connectivity index (χ4n) is 8.89. The molecule has 5 unspecified atom stereocenters. The van der Waals surface area contributed by atoms with E-state index in [0.29, 0.717) is 47.1 Å². The predicted molar refractivity (Wildman–Crippen MR) is 172 cm³/mol. The number of fused-ring (bicyclic) bond motifs is 7. The highest BCUT2D eigenvalue weighted by atomic mass is 19.3. The standard InChI is InChI=1S/C36H32F4N6O2/c1-3-22-24(37)10-8-19-6-4-7-23(26(19)22)29-28(38)30-27-33(46-16-21-9-11-25(41-21)31(46)18(2)48-34(27)42-29)44-35(43-30)47-17-36-12-5-13-45(36)15-20(14-36)32(39)40/h1,4,6-8,10,18,21,25,31,41H,5,9,11-17H2,2H3. The van der Waals surface area contributed by atoms with Gasteiger partial charge in [0.25, 0.3) is 6.08 Å². The maximum Gasteiger partial charge on any atom is 0.319 e. The van der Waals surface area contributed by atoms with Gasteiger partial charge in [0.05, 0.1) is 17.1 Å². The zero-order chi connectivity index (χ0) is 32.9. The maximum atomic E-state index is 17.1. The zero-order valence-corrected chi connectivity index (χ0v) is 26.2. The number of terminal acetylenes is 1. The highest BCUT2D eigenvalue weighted by Gasteiger charge is 2.49. The van der Waals surface area contributed by atoms with Gasteiger partial charge in [0.15, 0.2) is 5.82 Å². The summed E-state index contributed by atoms with van der Waals surface area (Å²) in [5, 5.41) is 5.01. The Morgan fingerprint density at radius 3 is 2.85 bits per heavy atom. The minimum Gasteiger partial charge on any atom is -0.472 e. The second-order valence-electron chi connectivity index (χ2n) is 13.7. The van der Waals surface area contributed by atoms with E-state index in [0.717, 1.165) is 19.3 Å². The van der Waals surface area contributed by atoms with Crippen LogP contribution in [0.3, 0.4) is 0 Å². The molecular weight excluding hydrogens is 624 g/mol. The molecule has 7 heterocycles. The maximum absolute atomic E-state index is 17.1. The molecule has 5 atom stereocenters. The summed E-state index contributed by atoms with van der Waals surface area (Å²) in [6, 6.07) is 8.23. The van der Waals surface area contributed by atoms with Crippen molar-refractivity contribution >= 4 is 27.5 Å². The van der Waals surface area contributed by atoms with Gasteiger partial charge in [-0.25, -0.2) is 13.8 Å². The fraction of sp³-hybridized carbons (Fsp3) is 0.417. The third-order valence-corrected chi connectivity index (χ3v) is 11.0. The number of hydrogen-bond donors (Lipinski definition) is 1. The topological polar surface area (TPSA) is 75.6 Å². The number of aromatic nitrogens is 3. The van der Waals surface area contributed by atoms with Gasteiger partial charge in [-0.1, -0.05) is 30.2 Å². The molecule has 4 aromatic rings. The van der Waals surface area contributed by atoms with E-state index in [1.165, 1.54) is 6.07 Å². The molecule has 5 aliphatic heterocycles. The highest BCUT2D eigenvalue weighted by Crippen LogP contribution is 2.46. The van der Waals surface area contributed by atoms with Crippen molar-refractivity contribution in [2.45, 2.75) is 68.8 Å². The molecular formula is C36H32F4N6O2. The fourth-order valence-corrected chi connectivity index (χ4v) is 8.89. The summed E-state index contributed by atoms with van der Waals surface area (Å²) >= 11 is 0. The lowest BCUT2D eigenvalue weighted by Crippen LogP contribution is -2.62. The van der Waals surface area contributed by atoms with Gasteiger partial charge < -0.3 is 19.7 Å². The largest absolute Gasteiger partial charge is 0.472 e. The molecule has 48 heavy (non-hydrogen) atoms. The van der Waals surface area contributed by atoms with E-state index in [4.69, 9.17) is 25.9 Å². The average Bonchev–Trinajstić information content (AvgIpc) is 3.74. The van der Waals surface area contributed by atoms with E-state index in [2.05, 4.69) is 21.1 Å². The Labute approximate surface area is 274 Å². The molecule has 4 saturated heterocycles. The van der Waals surface area contributed by atoms with Crippen LogP contribution in [0.5, 0.6) is 11.9 Å². The molecule has 0 spiro atoms. The number of benzene rings is 2. The van der Waals surface area contributed by atoms with Crippen molar-refractivity contribution in [1.29, 1.82) is 0 Å². The number of rotatable bonds is 4. The van der Waals surface area contributed by atoms with Crippen molar-refractivity contribution in [2.24, 2.45) is 0 Å². The lowest BCUT2D eigenvalue weighted by Gasteiger charge is -2.42. The Balaban J connectivity index is 1.24. The van der Waals surface area contributed by atoms with Crippen LogP contribution in [0.2, 0.25) is 0 Å². The quantitative estimate of drug-likeness (QED) is 0.213. The van der Waals surface area contributed by atoms with Gasteiger partial charge in [0, 0.05) is 41.7 Å². The highest BCUT2D eigenvalue weighted by molar-refractivity contribution is 6.03. The second-order valence-corrected chi connectivity index (χ2v) is 13.7. The van der Waals surface area contributed by atoms with Crippen LogP contribution in [0.15, 0.2) is 42.0 Å². The van der Waals surface area contributed by atoms with Gasteiger partial charge in [-0.2, -0.15) is 18.7 Å². The van der Waals surface area contributed by atoms with Crippen LogP contribution in [0, 0.1) is 24.0 Å². The number of anilines is 1. The summed E-state index contributed by atoms with van der Waals surface area (Å²) < 4.78 is 72.3. The second kappa shape index (κ2) is 10.8. The Hall–Kier alpha value is -4.47. The smallest absolute Gasteiger partial charge is 0.319 e. The summed E-state index contributed by atoms with van der Waals surface area (Å²) in [7, 11) is 0. The van der Waals surface area contributed by atoms with E-state index < -0.39 is 23.3 Å². The molecule has 4 fully saturated rings. The van der Waals surface area contributed by atoms with E-state index in [9.17, 15) is 13.2 Å². The third kappa shape index (κ3) is 4.33. The Kier molecular flexibility index (Phi) is 6.65. The molecule has 12 heteroatoms. The number of ether oxygens (including phenoxy) is 2. The number of nitrogens with one attached hydrogen (secondary N) is 1. The van der Waals surface area contributed by atoms with Crippen LogP contribution in [0.4, 0.5) is 23.4 Å². The normalized spacial score (nSPS) is 27.5. The Morgan fingerprint density at radius 2 is 2.02 bits per heavy atom. The first kappa shape index (κ1) is 29.7. The van der Waals surface area contributed by atoms with E-state index in [1.807, 2.05) is 11.8 Å². The van der Waals surface area contributed by atoms with Gasteiger partial charge in [-0.15, -0.1) is 6.42 Å². The minimum absolute atomic E-state index is 0.00579. The van der Waals surface area contributed by atoms with Crippen LogP contribution < -0.4 is 19.7 Å². The summed E-state index contributed by atoms with van der Waals surface area (Å²) in [5.74, 6) is 1.72. The number of nitrogens with zero attached hydrogens (tertiary/aromatic N) is 5. The molecule has 0 saturated carbocycles. The summed E-state index contributed by atoms with van der Waals surface area (Å²) in [6.07, 6.45) is 7.47. The zero-order valence-electron chi connectivity index (χ0n) is 26.2. The molecule has 8 nitrogen and oxygen atoms in total. The molecule has 1 N–H and O–H groups in total. The van der Waals surface area contributed by atoms with Crippen molar-refractivity contribution in [3.05, 3.63) is 59.2 Å². The molecule has 0 amide bonds. The number of pyridine rings is 1. The summed E-state index contributed by atoms with van der Waals surface area (Å²) in [6.45, 7) is 3.58. The van der Waals surface area contributed by atoms with Gasteiger partial charge in [-0.3, -0.25) is 4.90 Å². The van der Waals surface area contributed by atoms with Gasteiger partial charge in [0.1, 0.15) is 40.9 Å². The SMILES string of the molecule is C#Cc1c(F)ccc2cccc(-c3nc4c5c(nc(OCC67CCCN6CC(=C(F)F)C7)nc5c3F)N3CC5CCC(N5)C3C(C)O4)c12. The number of hydrogen-bond acceptors (Lipinski definition) is 8. The van der Waals surface area contributed by atoms with Crippen molar-refractivity contribution in [3.8, 4) is 35.5 Å². The van der Waals surface area contributed by atoms with Crippen molar-refractivity contribution in [3.63, 3.8) is 0 Å². The first-order valence-electron chi connectivity index (χ1n) is 16.4. The van der Waals surface area contributed by atoms with Crippen molar-refractivity contribution in [2.75, 3.05) is 31.1 Å². The van der Waals surface area contributed by atoms with Crippen LogP contribution in [-0.2, 0) is 0 Å². The predicted octanol–water partition coefficient (Wildman–Crippen LogP) is 5.96. The Bertz CT molecular complexity index is 2100. The molecule has 2 aromatic heterocycles. The van der Waals surface area contributed by atoms with Crippen molar-refractivity contribution in [1.82, 2.24) is 25.2 Å². The lowest BCUT2D eigenvalue weighted by atomic mass is 9.94. The molecule has 2 bridgehead atoms. The molecule has 9 rings (SSSR count). The summed E-state index contributed by atoms with van der Waals surface area (Å²) in [4.78, 5) is 18.5. The Morgan fingerprint density at radius 1 is 1.15 bits per heavy atom. The van der Waals surface area contributed by atoms with E-state index in [-0.39, 0.29) is 78.0 Å².